The molecule has 2 aromatic rings. The Bertz CT molecular complexity index is 1070. The molecule has 29 heavy (non-hydrogen) atoms. The summed E-state index contributed by atoms with van der Waals surface area (Å²) in [5.74, 6) is 0.413. The number of anilines is 1. The number of carbonyl (C=O) groups excluding carboxylic acids is 1. The molecule has 1 amide bonds. The molecule has 1 N–H and O–H groups in total. The highest BCUT2D eigenvalue weighted by Crippen LogP contribution is 2.42. The van der Waals surface area contributed by atoms with Crippen LogP contribution in [0.4, 0.5) is 5.69 Å². The first-order valence-corrected chi connectivity index (χ1v) is 13.1. The zero-order valence-corrected chi connectivity index (χ0v) is 18.2. The number of amides is 1. The molecule has 1 aromatic carbocycles. The molecule has 1 saturated carbocycles. The number of nitrogens with one attached hydrogen (secondary N) is 1. The van der Waals surface area contributed by atoms with E-state index in [1.54, 1.807) is 11.3 Å². The summed E-state index contributed by atoms with van der Waals surface area (Å²) in [6.45, 7) is 0.398. The molecule has 5 rings (SSSR count). The van der Waals surface area contributed by atoms with Crippen molar-refractivity contribution in [3.05, 3.63) is 46.2 Å². The SMILES string of the molecule is O=C(NC(c1cccs1)C1CCCC1)c1ccc2c(c1)SC1=NS(=O)(=O)CCN12. The van der Waals surface area contributed by atoms with Crippen LogP contribution in [0.5, 0.6) is 0 Å². The van der Waals surface area contributed by atoms with E-state index in [1.165, 1.54) is 29.5 Å². The lowest BCUT2D eigenvalue weighted by atomic mass is 9.96. The molecule has 1 unspecified atom stereocenters. The number of carbonyl (C=O) groups is 1. The molecule has 6 nitrogen and oxygen atoms in total. The maximum Gasteiger partial charge on any atom is 0.257 e. The third kappa shape index (κ3) is 3.71. The molecule has 0 radical (unpaired) electrons. The molecule has 1 aliphatic carbocycles. The van der Waals surface area contributed by atoms with Crippen molar-refractivity contribution in [2.75, 3.05) is 17.2 Å². The van der Waals surface area contributed by atoms with Gasteiger partial charge in [0.05, 0.1) is 17.5 Å². The average Bonchev–Trinajstić information content (AvgIpc) is 3.44. The molecular formula is C20H21N3O3S3. The summed E-state index contributed by atoms with van der Waals surface area (Å²) in [5, 5.41) is 5.80. The number of thiophene rings is 1. The van der Waals surface area contributed by atoms with Gasteiger partial charge in [0.25, 0.3) is 15.9 Å². The molecule has 0 spiro atoms. The van der Waals surface area contributed by atoms with Crippen molar-refractivity contribution in [1.82, 2.24) is 5.32 Å². The maximum atomic E-state index is 13.1. The first-order chi connectivity index (χ1) is 14.0. The van der Waals surface area contributed by atoms with Gasteiger partial charge in [0.15, 0.2) is 5.17 Å². The molecule has 1 fully saturated rings. The van der Waals surface area contributed by atoms with E-state index in [0.717, 1.165) is 23.4 Å². The van der Waals surface area contributed by atoms with Crippen LogP contribution in [0.2, 0.25) is 0 Å². The van der Waals surface area contributed by atoms with E-state index in [9.17, 15) is 13.2 Å². The topological polar surface area (TPSA) is 78.8 Å². The molecule has 0 bridgehead atoms. The second kappa shape index (κ2) is 7.45. The van der Waals surface area contributed by atoms with Gasteiger partial charge in [-0.15, -0.1) is 15.7 Å². The van der Waals surface area contributed by atoms with Crippen LogP contribution >= 0.6 is 23.1 Å². The molecule has 9 heteroatoms. The number of fused-ring (bicyclic) bond motifs is 3. The van der Waals surface area contributed by atoms with Gasteiger partial charge in [0.2, 0.25) is 0 Å². The number of nitrogens with zero attached hydrogens (tertiary/aromatic N) is 2. The molecule has 1 aromatic heterocycles. The number of hydrogen-bond acceptors (Lipinski definition) is 6. The summed E-state index contributed by atoms with van der Waals surface area (Å²) in [5.41, 5.74) is 1.52. The summed E-state index contributed by atoms with van der Waals surface area (Å²) >= 11 is 3.01. The second-order valence-corrected chi connectivity index (χ2v) is 11.4. The van der Waals surface area contributed by atoms with Crippen LogP contribution in [0.15, 0.2) is 45.0 Å². The molecule has 3 heterocycles. The Hall–Kier alpha value is -1.84. The van der Waals surface area contributed by atoms with Crippen molar-refractivity contribution in [1.29, 1.82) is 0 Å². The zero-order chi connectivity index (χ0) is 20.0. The van der Waals surface area contributed by atoms with Crippen molar-refractivity contribution in [2.45, 2.75) is 36.6 Å². The molecule has 152 valence electrons. The van der Waals surface area contributed by atoms with Crippen molar-refractivity contribution >= 4 is 49.9 Å². The Morgan fingerprint density at radius 3 is 2.83 bits per heavy atom. The summed E-state index contributed by atoms with van der Waals surface area (Å²) < 4.78 is 27.5. The van der Waals surface area contributed by atoms with Gasteiger partial charge in [0.1, 0.15) is 0 Å². The molecule has 2 aliphatic heterocycles. The van der Waals surface area contributed by atoms with Gasteiger partial charge < -0.3 is 10.2 Å². The standard InChI is InChI=1S/C20H21N3O3S3/c24-19(21-18(13-4-1-2-5-13)16-6-3-10-27-16)14-7-8-15-17(12-14)28-20-22-29(25,26)11-9-23(15)20/h3,6-8,10,12-13,18H,1-2,4-5,9,11H2,(H,21,24). The Morgan fingerprint density at radius 2 is 2.07 bits per heavy atom. The highest BCUT2D eigenvalue weighted by molar-refractivity contribution is 8.15. The van der Waals surface area contributed by atoms with E-state index in [2.05, 4.69) is 21.2 Å². The van der Waals surface area contributed by atoms with E-state index >= 15 is 0 Å². The molecular weight excluding hydrogens is 426 g/mol. The lowest BCUT2D eigenvalue weighted by Gasteiger charge is -2.24. The molecule has 3 aliphatic rings. The highest BCUT2D eigenvalue weighted by Gasteiger charge is 2.34. The predicted molar refractivity (Wildman–Crippen MR) is 117 cm³/mol. The van der Waals surface area contributed by atoms with Crippen molar-refractivity contribution in [2.24, 2.45) is 10.3 Å². The lowest BCUT2D eigenvalue weighted by molar-refractivity contribution is 0.0922. The van der Waals surface area contributed by atoms with Crippen LogP contribution in [-0.4, -0.2) is 31.8 Å². The van der Waals surface area contributed by atoms with Gasteiger partial charge in [-0.05, 0) is 60.2 Å². The monoisotopic (exact) mass is 447 g/mol. The maximum absolute atomic E-state index is 13.1. The quantitative estimate of drug-likeness (QED) is 0.766. The van der Waals surface area contributed by atoms with Crippen molar-refractivity contribution < 1.29 is 13.2 Å². The third-order valence-electron chi connectivity index (χ3n) is 5.74. The van der Waals surface area contributed by atoms with Crippen LogP contribution in [0.25, 0.3) is 0 Å². The number of rotatable bonds is 4. The number of sulfonamides is 1. The molecule has 1 atom stereocenters. The Morgan fingerprint density at radius 1 is 1.24 bits per heavy atom. The molecule has 0 saturated heterocycles. The summed E-state index contributed by atoms with van der Waals surface area (Å²) in [7, 11) is -3.38. The van der Waals surface area contributed by atoms with Gasteiger partial charge in [-0.2, -0.15) is 0 Å². The zero-order valence-electron chi connectivity index (χ0n) is 15.7. The van der Waals surface area contributed by atoms with Gasteiger partial charge in [-0.25, -0.2) is 8.42 Å². The van der Waals surface area contributed by atoms with Gasteiger partial charge in [0, 0.05) is 21.9 Å². The number of amidine groups is 1. The minimum absolute atomic E-state index is 0.0165. The number of benzene rings is 1. The Kier molecular flexibility index (Phi) is 4.92. The van der Waals surface area contributed by atoms with Crippen LogP contribution in [0, 0.1) is 5.92 Å². The van der Waals surface area contributed by atoms with Gasteiger partial charge in [-0.3, -0.25) is 4.79 Å². The predicted octanol–water partition coefficient (Wildman–Crippen LogP) is 4.02. The number of hydrogen-bond donors (Lipinski definition) is 1. The van der Waals surface area contributed by atoms with E-state index in [4.69, 9.17) is 0 Å². The fourth-order valence-electron chi connectivity index (χ4n) is 4.28. The minimum Gasteiger partial charge on any atom is -0.344 e. The normalized spacial score (nSPS) is 21.4. The van der Waals surface area contributed by atoms with Crippen LogP contribution < -0.4 is 10.2 Å². The summed E-state index contributed by atoms with van der Waals surface area (Å²) in [6.07, 6.45) is 4.73. The van der Waals surface area contributed by atoms with Gasteiger partial charge >= 0.3 is 0 Å². The third-order valence-corrected chi connectivity index (χ3v) is 9.00. The summed E-state index contributed by atoms with van der Waals surface area (Å²) in [6, 6.07) is 9.75. The summed E-state index contributed by atoms with van der Waals surface area (Å²) in [4.78, 5) is 17.1. The van der Waals surface area contributed by atoms with E-state index in [0.29, 0.717) is 23.2 Å². The van der Waals surface area contributed by atoms with Crippen molar-refractivity contribution in [3.8, 4) is 0 Å². The minimum atomic E-state index is -3.38. The van der Waals surface area contributed by atoms with Crippen molar-refractivity contribution in [3.63, 3.8) is 0 Å². The fourth-order valence-corrected chi connectivity index (χ4v) is 7.44. The largest absolute Gasteiger partial charge is 0.344 e. The first kappa shape index (κ1) is 19.1. The Labute approximate surface area is 178 Å². The first-order valence-electron chi connectivity index (χ1n) is 9.76. The van der Waals surface area contributed by atoms with Crippen LogP contribution in [0.1, 0.15) is 47.0 Å². The van der Waals surface area contributed by atoms with Crippen LogP contribution in [-0.2, 0) is 10.0 Å². The van der Waals surface area contributed by atoms with E-state index in [-0.39, 0.29) is 17.7 Å². The second-order valence-electron chi connectivity index (χ2n) is 7.61. The van der Waals surface area contributed by atoms with Gasteiger partial charge in [-0.1, -0.05) is 18.9 Å². The Balaban J connectivity index is 1.39. The van der Waals surface area contributed by atoms with E-state index in [1.807, 2.05) is 29.2 Å². The number of thioether (sulfide) groups is 1. The smallest absolute Gasteiger partial charge is 0.257 e. The van der Waals surface area contributed by atoms with E-state index < -0.39 is 10.0 Å². The lowest BCUT2D eigenvalue weighted by Crippen LogP contribution is -2.35. The van der Waals surface area contributed by atoms with Crippen LogP contribution in [0.3, 0.4) is 0 Å². The highest BCUT2D eigenvalue weighted by atomic mass is 32.2. The fraction of sp³-hybridized carbons (Fsp3) is 0.400. The average molecular weight is 448 g/mol.